The molecule has 0 atom stereocenters. The van der Waals surface area contributed by atoms with Crippen LogP contribution in [0, 0.1) is 0 Å². The molecule has 0 heterocycles. The van der Waals surface area contributed by atoms with Crippen LogP contribution in [0.1, 0.15) is 33.1 Å². The van der Waals surface area contributed by atoms with Crippen LogP contribution in [0.4, 0.5) is 4.79 Å². The van der Waals surface area contributed by atoms with Crippen molar-refractivity contribution in [3.8, 4) is 0 Å². The van der Waals surface area contributed by atoms with Crippen molar-refractivity contribution in [1.82, 2.24) is 10.6 Å². The molecule has 0 aliphatic rings. The molecule has 0 unspecified atom stereocenters. The van der Waals surface area contributed by atoms with Gasteiger partial charge in [0.25, 0.3) is 0 Å². The van der Waals surface area contributed by atoms with Crippen LogP contribution in [0.15, 0.2) is 0 Å². The van der Waals surface area contributed by atoms with E-state index >= 15 is 0 Å². The van der Waals surface area contributed by atoms with Crippen molar-refractivity contribution in [2.45, 2.75) is 33.1 Å². The van der Waals surface area contributed by atoms with Crippen molar-refractivity contribution in [3.05, 3.63) is 0 Å². The van der Waals surface area contributed by atoms with E-state index in [-0.39, 0.29) is 6.09 Å². The largest absolute Gasteiger partial charge is 0.453 e. The van der Waals surface area contributed by atoms with Gasteiger partial charge in [-0.15, -0.1) is 0 Å². The average molecular weight is 233 g/mol. The summed E-state index contributed by atoms with van der Waals surface area (Å²) in [6.45, 7) is 7.35. The number of methoxy groups -OCH3 is 1. The molecule has 0 aromatic heterocycles. The number of ether oxygens (including phenoxy) is 1. The zero-order valence-corrected chi connectivity index (χ0v) is 10.8. The van der Waals surface area contributed by atoms with Crippen molar-refractivity contribution >= 4 is 6.09 Å². The lowest BCUT2D eigenvalue weighted by atomic mass is 10.3. The molecule has 0 rings (SSSR count). The first kappa shape index (κ1) is 17.6. The lowest BCUT2D eigenvalue weighted by Crippen LogP contribution is -2.25. The molecule has 1 amide bonds. The Bertz CT molecular complexity index is 143. The predicted octanol–water partition coefficient (Wildman–Crippen LogP) is 1.09. The van der Waals surface area contributed by atoms with Crippen LogP contribution in [0.3, 0.4) is 0 Å². The van der Waals surface area contributed by atoms with E-state index in [2.05, 4.69) is 15.4 Å². The van der Waals surface area contributed by atoms with E-state index in [1.54, 1.807) is 0 Å². The van der Waals surface area contributed by atoms with Crippen LogP contribution in [0.25, 0.3) is 0 Å². The molecule has 5 heteroatoms. The first-order valence-electron chi connectivity index (χ1n) is 6.04. The van der Waals surface area contributed by atoms with E-state index in [0.29, 0.717) is 6.54 Å². The number of alkyl carbamates (subject to hydrolysis) is 1. The standard InChI is InChI=1S/C9H21N3O2.C2H6/c1-14-9(13)12-8-3-2-6-11-7-4-5-10;1-2/h11H,2-8,10H2,1H3,(H,12,13);1-2H3. The topological polar surface area (TPSA) is 76.4 Å². The molecule has 0 fully saturated rings. The SMILES string of the molecule is CC.COC(=O)NCCCCNCCCN. The third kappa shape index (κ3) is 15.7. The van der Waals surface area contributed by atoms with Gasteiger partial charge in [-0.25, -0.2) is 4.79 Å². The van der Waals surface area contributed by atoms with Crippen LogP contribution < -0.4 is 16.4 Å². The summed E-state index contributed by atoms with van der Waals surface area (Å²) in [7, 11) is 1.36. The molecule has 0 saturated carbocycles. The van der Waals surface area contributed by atoms with Gasteiger partial charge in [0.2, 0.25) is 0 Å². The molecular weight excluding hydrogens is 206 g/mol. The molecule has 4 N–H and O–H groups in total. The second-order valence-corrected chi connectivity index (χ2v) is 3.02. The number of nitrogens with one attached hydrogen (secondary N) is 2. The Balaban J connectivity index is 0. The second kappa shape index (κ2) is 16.6. The van der Waals surface area contributed by atoms with Crippen LogP contribution in [-0.2, 0) is 4.74 Å². The Hall–Kier alpha value is -0.810. The number of carbonyl (C=O) groups excluding carboxylic acids is 1. The molecule has 0 saturated heterocycles. The first-order valence-corrected chi connectivity index (χ1v) is 6.04. The maximum atomic E-state index is 10.6. The van der Waals surface area contributed by atoms with Gasteiger partial charge >= 0.3 is 6.09 Å². The number of amides is 1. The number of carbonyl (C=O) groups is 1. The predicted molar refractivity (Wildman–Crippen MR) is 67.5 cm³/mol. The van der Waals surface area contributed by atoms with Gasteiger partial charge in [-0.3, -0.25) is 0 Å². The van der Waals surface area contributed by atoms with Crippen LogP contribution >= 0.6 is 0 Å². The number of rotatable bonds is 8. The first-order chi connectivity index (χ1) is 7.81. The van der Waals surface area contributed by atoms with Crippen molar-refractivity contribution in [2.75, 3.05) is 33.3 Å². The average Bonchev–Trinajstić information content (AvgIpc) is 2.34. The van der Waals surface area contributed by atoms with E-state index in [1.165, 1.54) is 7.11 Å². The summed E-state index contributed by atoms with van der Waals surface area (Å²) < 4.78 is 4.43. The maximum Gasteiger partial charge on any atom is 0.406 e. The van der Waals surface area contributed by atoms with Gasteiger partial charge < -0.3 is 21.1 Å². The molecule has 5 nitrogen and oxygen atoms in total. The third-order valence-electron chi connectivity index (χ3n) is 1.79. The van der Waals surface area contributed by atoms with Crippen LogP contribution in [-0.4, -0.2) is 39.4 Å². The minimum Gasteiger partial charge on any atom is -0.453 e. The smallest absolute Gasteiger partial charge is 0.406 e. The number of nitrogens with two attached hydrogens (primary N) is 1. The van der Waals surface area contributed by atoms with Crippen molar-refractivity contribution < 1.29 is 9.53 Å². The molecule has 0 spiro atoms. The lowest BCUT2D eigenvalue weighted by Gasteiger charge is -2.04. The molecule has 0 aliphatic carbocycles. The molecule has 0 aromatic rings. The van der Waals surface area contributed by atoms with Crippen molar-refractivity contribution in [2.24, 2.45) is 5.73 Å². The van der Waals surface area contributed by atoms with Gasteiger partial charge in [0.1, 0.15) is 0 Å². The number of hydrogen-bond acceptors (Lipinski definition) is 4. The monoisotopic (exact) mass is 233 g/mol. The summed E-state index contributed by atoms with van der Waals surface area (Å²) in [4.78, 5) is 10.6. The quantitative estimate of drug-likeness (QED) is 0.548. The minimum atomic E-state index is -0.360. The fraction of sp³-hybridized carbons (Fsp3) is 0.909. The van der Waals surface area contributed by atoms with Crippen molar-refractivity contribution in [3.63, 3.8) is 0 Å². The van der Waals surface area contributed by atoms with Gasteiger partial charge in [-0.05, 0) is 38.9 Å². The molecular formula is C11H27N3O2. The number of hydrogen-bond donors (Lipinski definition) is 3. The normalized spacial score (nSPS) is 9.00. The highest BCUT2D eigenvalue weighted by Crippen LogP contribution is 1.85. The minimum absolute atomic E-state index is 0.360. The van der Waals surface area contributed by atoms with Crippen LogP contribution in [0.2, 0.25) is 0 Å². The summed E-state index contributed by atoms with van der Waals surface area (Å²) in [6, 6.07) is 0. The van der Waals surface area contributed by atoms with Gasteiger partial charge in [0, 0.05) is 6.54 Å². The summed E-state index contributed by atoms with van der Waals surface area (Å²) in [5, 5.41) is 5.89. The highest BCUT2D eigenvalue weighted by molar-refractivity contribution is 5.66. The fourth-order valence-electron chi connectivity index (χ4n) is 0.990. The molecule has 16 heavy (non-hydrogen) atoms. The highest BCUT2D eigenvalue weighted by Gasteiger charge is 1.95. The fourth-order valence-corrected chi connectivity index (χ4v) is 0.990. The Kier molecular flexibility index (Phi) is 18.3. The van der Waals surface area contributed by atoms with Crippen LogP contribution in [0.5, 0.6) is 0 Å². The Morgan fingerprint density at radius 1 is 1.12 bits per heavy atom. The van der Waals surface area contributed by atoms with Gasteiger partial charge in [0.05, 0.1) is 7.11 Å². The van der Waals surface area contributed by atoms with E-state index in [4.69, 9.17) is 5.73 Å². The highest BCUT2D eigenvalue weighted by atomic mass is 16.5. The Labute approximate surface area is 99.1 Å². The van der Waals surface area contributed by atoms with Crippen molar-refractivity contribution in [1.29, 1.82) is 0 Å². The Morgan fingerprint density at radius 3 is 2.25 bits per heavy atom. The summed E-state index contributed by atoms with van der Waals surface area (Å²) in [5.41, 5.74) is 5.34. The van der Waals surface area contributed by atoms with E-state index in [1.807, 2.05) is 13.8 Å². The Morgan fingerprint density at radius 2 is 1.69 bits per heavy atom. The number of unbranched alkanes of at least 4 members (excludes halogenated alkanes) is 1. The molecule has 0 aliphatic heterocycles. The third-order valence-corrected chi connectivity index (χ3v) is 1.79. The van der Waals surface area contributed by atoms with E-state index < -0.39 is 0 Å². The zero-order chi connectivity index (χ0) is 12.6. The van der Waals surface area contributed by atoms with Gasteiger partial charge in [-0.1, -0.05) is 13.8 Å². The summed E-state index contributed by atoms with van der Waals surface area (Å²) >= 11 is 0. The molecule has 0 bridgehead atoms. The van der Waals surface area contributed by atoms with E-state index in [9.17, 15) is 4.79 Å². The lowest BCUT2D eigenvalue weighted by molar-refractivity contribution is 0.171. The molecule has 0 aromatic carbocycles. The molecule has 98 valence electrons. The van der Waals surface area contributed by atoms with Gasteiger partial charge in [0.15, 0.2) is 0 Å². The second-order valence-electron chi connectivity index (χ2n) is 3.02. The zero-order valence-electron chi connectivity index (χ0n) is 10.8. The maximum absolute atomic E-state index is 10.6. The molecule has 0 radical (unpaired) electrons. The van der Waals surface area contributed by atoms with Gasteiger partial charge in [-0.2, -0.15) is 0 Å². The van der Waals surface area contributed by atoms with E-state index in [0.717, 1.165) is 38.9 Å². The summed E-state index contributed by atoms with van der Waals surface area (Å²) in [6.07, 6.45) is 2.67. The summed E-state index contributed by atoms with van der Waals surface area (Å²) in [5.74, 6) is 0.